The predicted molar refractivity (Wildman–Crippen MR) is 69.0 cm³/mol. The number of carbonyl (C=O) groups is 1. The highest BCUT2D eigenvalue weighted by Gasteiger charge is 2.43. The summed E-state index contributed by atoms with van der Waals surface area (Å²) in [6, 6.07) is 0. The van der Waals surface area contributed by atoms with Gasteiger partial charge in [0.25, 0.3) is 0 Å². The molecular weight excluding hydrogens is 218 g/mol. The average Bonchev–Trinajstić information content (AvgIpc) is 3.14. The van der Waals surface area contributed by atoms with Crippen molar-refractivity contribution < 1.29 is 4.79 Å². The minimum Gasteiger partial charge on any atom is -0.299 e. The van der Waals surface area contributed by atoms with Crippen LogP contribution in [0, 0.1) is 11.8 Å². The van der Waals surface area contributed by atoms with Crippen LogP contribution in [0.1, 0.15) is 46.0 Å². The molecule has 1 N–H and O–H groups in total. The van der Waals surface area contributed by atoms with E-state index in [4.69, 9.17) is 0 Å². The van der Waals surface area contributed by atoms with Crippen molar-refractivity contribution in [1.29, 1.82) is 0 Å². The first-order valence-corrected chi connectivity index (χ1v) is 7.11. The summed E-state index contributed by atoms with van der Waals surface area (Å²) in [6.45, 7) is 4.39. The van der Waals surface area contributed by atoms with Gasteiger partial charge in [-0.2, -0.15) is 0 Å². The number of allylic oxidation sites excluding steroid dienone is 2. The zero-order valence-electron chi connectivity index (χ0n) is 10.2. The number of nitrogens with one attached hydrogen (secondary N) is 1. The Bertz CT molecular complexity index is 296. The standard InChI is InChI=1S/C13H21NOS/c1-3-4-5-6-10-9-11(10)12(15)14-16-13(2)7-8-13/h5-6,10-11H,3-4,7-9H2,1-2H3,(H,14,15)/b6-5-. The van der Waals surface area contributed by atoms with Crippen molar-refractivity contribution in [2.75, 3.05) is 0 Å². The normalized spacial score (nSPS) is 30.4. The third kappa shape index (κ3) is 3.27. The largest absolute Gasteiger partial charge is 0.299 e. The lowest BCUT2D eigenvalue weighted by Crippen LogP contribution is -2.21. The monoisotopic (exact) mass is 239 g/mol. The fourth-order valence-corrected chi connectivity index (χ4v) is 2.50. The predicted octanol–water partition coefficient (Wildman–Crippen LogP) is 3.30. The summed E-state index contributed by atoms with van der Waals surface area (Å²) in [6.07, 6.45) is 10.3. The maximum absolute atomic E-state index is 11.8. The number of unbranched alkanes of at least 4 members (excludes halogenated alkanes) is 1. The third-order valence-corrected chi connectivity index (χ3v) is 4.57. The average molecular weight is 239 g/mol. The Kier molecular flexibility index (Phi) is 3.63. The molecule has 2 aliphatic carbocycles. The number of carbonyl (C=O) groups excluding carboxylic acids is 1. The Labute approximate surface area is 102 Å². The zero-order chi connectivity index (χ0) is 11.6. The fraction of sp³-hybridized carbons (Fsp3) is 0.769. The smallest absolute Gasteiger partial charge is 0.233 e. The number of amides is 1. The van der Waals surface area contributed by atoms with Crippen LogP contribution in [0.4, 0.5) is 0 Å². The van der Waals surface area contributed by atoms with Gasteiger partial charge in [0.05, 0.1) is 0 Å². The summed E-state index contributed by atoms with van der Waals surface area (Å²) in [5.41, 5.74) is 0. The molecule has 0 bridgehead atoms. The first kappa shape index (κ1) is 12.0. The Morgan fingerprint density at radius 2 is 2.31 bits per heavy atom. The maximum Gasteiger partial charge on any atom is 0.233 e. The number of hydrogen-bond acceptors (Lipinski definition) is 2. The van der Waals surface area contributed by atoms with Gasteiger partial charge < -0.3 is 0 Å². The van der Waals surface area contributed by atoms with Crippen LogP contribution in [0.15, 0.2) is 12.2 Å². The summed E-state index contributed by atoms with van der Waals surface area (Å²) < 4.78 is 3.36. The van der Waals surface area contributed by atoms with Gasteiger partial charge in [0.15, 0.2) is 0 Å². The molecule has 0 spiro atoms. The lowest BCUT2D eigenvalue weighted by molar-refractivity contribution is -0.120. The lowest BCUT2D eigenvalue weighted by Gasteiger charge is -2.08. The Hall–Kier alpha value is -0.440. The van der Waals surface area contributed by atoms with Crippen molar-refractivity contribution in [3.63, 3.8) is 0 Å². The van der Waals surface area contributed by atoms with Crippen LogP contribution in [0.3, 0.4) is 0 Å². The summed E-state index contributed by atoms with van der Waals surface area (Å²) in [4.78, 5) is 11.8. The highest BCUT2D eigenvalue weighted by atomic mass is 32.2. The van der Waals surface area contributed by atoms with Gasteiger partial charge in [0.1, 0.15) is 0 Å². The quantitative estimate of drug-likeness (QED) is 0.569. The van der Waals surface area contributed by atoms with Crippen LogP contribution < -0.4 is 4.72 Å². The van der Waals surface area contributed by atoms with Gasteiger partial charge >= 0.3 is 0 Å². The van der Waals surface area contributed by atoms with Gasteiger partial charge in [-0.15, -0.1) is 0 Å². The van der Waals surface area contributed by atoms with Crippen molar-refractivity contribution in [1.82, 2.24) is 4.72 Å². The van der Waals surface area contributed by atoms with Crippen LogP contribution in [0.5, 0.6) is 0 Å². The van der Waals surface area contributed by atoms with Crippen molar-refractivity contribution in [2.24, 2.45) is 11.8 Å². The van der Waals surface area contributed by atoms with E-state index in [1.807, 2.05) is 0 Å². The molecule has 3 heteroatoms. The molecule has 2 atom stereocenters. The number of rotatable bonds is 6. The fourth-order valence-electron chi connectivity index (χ4n) is 1.69. The van der Waals surface area contributed by atoms with Crippen LogP contribution >= 0.6 is 11.9 Å². The first-order chi connectivity index (χ1) is 7.64. The molecule has 1 amide bonds. The van der Waals surface area contributed by atoms with Crippen LogP contribution in [-0.2, 0) is 4.79 Å². The Morgan fingerprint density at radius 3 is 2.94 bits per heavy atom. The minimum absolute atomic E-state index is 0.240. The van der Waals surface area contributed by atoms with Crippen molar-refractivity contribution >= 4 is 17.9 Å². The molecule has 0 aromatic heterocycles. The second-order valence-corrected chi connectivity index (χ2v) is 6.64. The van der Waals surface area contributed by atoms with E-state index >= 15 is 0 Å². The molecule has 2 saturated carbocycles. The summed E-state index contributed by atoms with van der Waals surface area (Å²) in [5.74, 6) is 1.01. The van der Waals surface area contributed by atoms with Gasteiger partial charge in [-0.1, -0.05) is 25.5 Å². The van der Waals surface area contributed by atoms with E-state index in [0.717, 1.165) is 12.8 Å². The van der Waals surface area contributed by atoms with E-state index in [-0.39, 0.29) is 11.8 Å². The molecule has 2 rings (SSSR count). The molecule has 2 nitrogen and oxygen atoms in total. The number of hydrogen-bond donors (Lipinski definition) is 1. The van der Waals surface area contributed by atoms with E-state index in [9.17, 15) is 4.79 Å². The molecule has 0 aromatic carbocycles. The van der Waals surface area contributed by atoms with E-state index < -0.39 is 0 Å². The molecule has 0 heterocycles. The lowest BCUT2D eigenvalue weighted by atomic mass is 10.2. The second kappa shape index (κ2) is 4.82. The second-order valence-electron chi connectivity index (χ2n) is 5.24. The van der Waals surface area contributed by atoms with Gasteiger partial charge in [0, 0.05) is 10.7 Å². The van der Waals surface area contributed by atoms with E-state index in [2.05, 4.69) is 30.7 Å². The van der Waals surface area contributed by atoms with E-state index in [0.29, 0.717) is 10.7 Å². The zero-order valence-corrected chi connectivity index (χ0v) is 11.0. The van der Waals surface area contributed by atoms with E-state index in [1.54, 1.807) is 11.9 Å². The topological polar surface area (TPSA) is 29.1 Å². The molecular formula is C13H21NOS. The summed E-state index contributed by atoms with van der Waals surface area (Å²) >= 11 is 1.63. The van der Waals surface area contributed by atoms with Crippen LogP contribution in [-0.4, -0.2) is 10.7 Å². The van der Waals surface area contributed by atoms with Gasteiger partial charge in [-0.3, -0.25) is 9.52 Å². The maximum atomic E-state index is 11.8. The third-order valence-electron chi connectivity index (χ3n) is 3.37. The van der Waals surface area contributed by atoms with E-state index in [1.165, 1.54) is 19.3 Å². The molecule has 16 heavy (non-hydrogen) atoms. The molecule has 0 saturated heterocycles. The molecule has 0 aliphatic heterocycles. The molecule has 90 valence electrons. The summed E-state index contributed by atoms with van der Waals surface area (Å²) in [5, 5.41) is 0. The molecule has 2 aliphatic rings. The van der Waals surface area contributed by atoms with Crippen LogP contribution in [0.25, 0.3) is 0 Å². The van der Waals surface area contributed by atoms with Crippen molar-refractivity contribution in [2.45, 2.75) is 50.7 Å². The molecule has 0 aromatic rings. The first-order valence-electron chi connectivity index (χ1n) is 6.29. The molecule has 0 radical (unpaired) electrons. The summed E-state index contributed by atoms with van der Waals surface area (Å²) in [7, 11) is 0. The van der Waals surface area contributed by atoms with Crippen molar-refractivity contribution in [3.05, 3.63) is 12.2 Å². The van der Waals surface area contributed by atoms with Crippen LogP contribution in [0.2, 0.25) is 0 Å². The highest BCUT2D eigenvalue weighted by molar-refractivity contribution is 7.99. The Morgan fingerprint density at radius 1 is 1.56 bits per heavy atom. The highest BCUT2D eigenvalue weighted by Crippen LogP contribution is 2.47. The van der Waals surface area contributed by atoms with Crippen molar-refractivity contribution in [3.8, 4) is 0 Å². The van der Waals surface area contributed by atoms with Gasteiger partial charge in [0.2, 0.25) is 5.91 Å². The minimum atomic E-state index is 0.240. The molecule has 2 fully saturated rings. The molecule has 2 unspecified atom stereocenters. The Balaban J connectivity index is 1.64. The van der Waals surface area contributed by atoms with Gasteiger partial charge in [-0.25, -0.2) is 0 Å². The SMILES string of the molecule is CCC/C=C\C1CC1C(=O)NSC1(C)CC1. The van der Waals surface area contributed by atoms with Gasteiger partial charge in [-0.05, 0) is 50.5 Å².